The maximum absolute atomic E-state index is 9.50. The average Bonchev–Trinajstić information content (AvgIpc) is 2.29. The van der Waals surface area contributed by atoms with E-state index < -0.39 is 0 Å². The number of nitrogen functional groups attached to an aromatic ring is 2. The number of rotatable bonds is 2. The normalized spacial score (nSPS) is 10.2. The van der Waals surface area contributed by atoms with Crippen LogP contribution in [0.2, 0.25) is 0 Å². The Morgan fingerprint density at radius 2 is 1.71 bits per heavy atom. The quantitative estimate of drug-likeness (QED) is 0.471. The molecule has 0 saturated heterocycles. The molecule has 0 heterocycles. The van der Waals surface area contributed by atoms with Gasteiger partial charge >= 0.3 is 0 Å². The maximum Gasteiger partial charge on any atom is 0.120 e. The second-order valence-electron chi connectivity index (χ2n) is 3.97. The number of hydrogen-bond acceptors (Lipinski definition) is 4. The van der Waals surface area contributed by atoms with Gasteiger partial charge in [-0.1, -0.05) is 0 Å². The molecule has 0 aliphatic heterocycles. The summed E-state index contributed by atoms with van der Waals surface area (Å²) >= 11 is 0. The summed E-state index contributed by atoms with van der Waals surface area (Å²) in [5.41, 5.74) is 15.1. The lowest BCUT2D eigenvalue weighted by Gasteiger charge is -2.11. The van der Waals surface area contributed by atoms with Crippen LogP contribution in [0.5, 0.6) is 5.75 Å². The van der Waals surface area contributed by atoms with Crippen LogP contribution in [0.1, 0.15) is 5.56 Å². The summed E-state index contributed by atoms with van der Waals surface area (Å²) in [5.74, 6) is 0.199. The Bertz CT molecular complexity index is 535. The van der Waals surface area contributed by atoms with E-state index in [2.05, 4.69) is 5.32 Å². The molecule has 0 saturated carbocycles. The fourth-order valence-electron chi connectivity index (χ4n) is 1.54. The fourth-order valence-corrected chi connectivity index (χ4v) is 1.54. The van der Waals surface area contributed by atoms with Gasteiger partial charge in [-0.2, -0.15) is 0 Å². The molecule has 88 valence electrons. The van der Waals surface area contributed by atoms with Crippen molar-refractivity contribution >= 4 is 22.7 Å². The molecular weight excluding hydrogens is 214 g/mol. The van der Waals surface area contributed by atoms with Crippen LogP contribution in [0.3, 0.4) is 0 Å². The maximum atomic E-state index is 9.50. The van der Waals surface area contributed by atoms with Crippen LogP contribution in [0.25, 0.3) is 0 Å². The fraction of sp³-hybridized carbons (Fsp3) is 0.0769. The minimum Gasteiger partial charge on any atom is -0.508 e. The van der Waals surface area contributed by atoms with Crippen molar-refractivity contribution < 1.29 is 5.11 Å². The molecule has 17 heavy (non-hydrogen) atoms. The van der Waals surface area contributed by atoms with E-state index in [-0.39, 0.29) is 5.75 Å². The molecule has 0 unspecified atom stereocenters. The van der Waals surface area contributed by atoms with E-state index in [4.69, 9.17) is 11.5 Å². The zero-order chi connectivity index (χ0) is 12.4. The Hall–Kier alpha value is -2.36. The van der Waals surface area contributed by atoms with Gasteiger partial charge in [0.2, 0.25) is 0 Å². The Morgan fingerprint density at radius 1 is 1.06 bits per heavy atom. The second-order valence-corrected chi connectivity index (χ2v) is 3.97. The topological polar surface area (TPSA) is 84.3 Å². The van der Waals surface area contributed by atoms with Gasteiger partial charge in [-0.25, -0.2) is 0 Å². The van der Waals surface area contributed by atoms with Crippen molar-refractivity contribution in [3.63, 3.8) is 0 Å². The third-order valence-electron chi connectivity index (χ3n) is 2.56. The first-order chi connectivity index (χ1) is 8.06. The largest absolute Gasteiger partial charge is 0.508 e. The number of nitrogens with two attached hydrogens (primary N) is 2. The standard InChI is InChI=1S/C13H15N3O/c1-8-6-12(11(15)7-13(8)17)16-10-4-2-9(14)3-5-10/h2-7,16-17H,14-15H2,1H3. The van der Waals surface area contributed by atoms with Gasteiger partial charge in [0, 0.05) is 17.4 Å². The van der Waals surface area contributed by atoms with Gasteiger partial charge < -0.3 is 21.9 Å². The van der Waals surface area contributed by atoms with Gasteiger partial charge in [0.05, 0.1) is 11.4 Å². The molecule has 0 aliphatic carbocycles. The van der Waals surface area contributed by atoms with Crippen molar-refractivity contribution in [2.24, 2.45) is 0 Å². The molecular formula is C13H15N3O. The van der Waals surface area contributed by atoms with Gasteiger partial charge in [-0.05, 0) is 42.8 Å². The molecule has 0 radical (unpaired) electrons. The first-order valence-corrected chi connectivity index (χ1v) is 5.28. The third-order valence-corrected chi connectivity index (χ3v) is 2.56. The van der Waals surface area contributed by atoms with Gasteiger partial charge in [-0.3, -0.25) is 0 Å². The van der Waals surface area contributed by atoms with E-state index in [1.807, 2.05) is 31.2 Å². The summed E-state index contributed by atoms with van der Waals surface area (Å²) in [5, 5.41) is 12.7. The summed E-state index contributed by atoms with van der Waals surface area (Å²) in [6.45, 7) is 1.82. The summed E-state index contributed by atoms with van der Waals surface area (Å²) in [6.07, 6.45) is 0. The average molecular weight is 229 g/mol. The molecule has 0 aromatic heterocycles. The summed E-state index contributed by atoms with van der Waals surface area (Å²) in [4.78, 5) is 0. The highest BCUT2D eigenvalue weighted by Gasteiger charge is 2.04. The molecule has 0 fully saturated rings. The highest BCUT2D eigenvalue weighted by atomic mass is 16.3. The zero-order valence-electron chi connectivity index (χ0n) is 9.57. The molecule has 0 spiro atoms. The van der Waals surface area contributed by atoms with Crippen LogP contribution in [0.15, 0.2) is 36.4 Å². The molecule has 2 aromatic rings. The molecule has 2 aromatic carbocycles. The number of benzene rings is 2. The smallest absolute Gasteiger partial charge is 0.120 e. The lowest BCUT2D eigenvalue weighted by molar-refractivity contribution is 0.471. The summed E-state index contributed by atoms with van der Waals surface area (Å²) in [6, 6.07) is 10.7. The minimum atomic E-state index is 0.199. The first-order valence-electron chi connectivity index (χ1n) is 5.28. The Kier molecular flexibility index (Phi) is 2.78. The lowest BCUT2D eigenvalue weighted by atomic mass is 10.1. The SMILES string of the molecule is Cc1cc(Nc2ccc(N)cc2)c(N)cc1O. The van der Waals surface area contributed by atoms with E-state index in [9.17, 15) is 5.11 Å². The number of anilines is 4. The molecule has 0 aliphatic rings. The molecule has 0 bridgehead atoms. The number of phenolic OH excluding ortho intramolecular Hbond substituents is 1. The molecule has 4 nitrogen and oxygen atoms in total. The van der Waals surface area contributed by atoms with Crippen molar-refractivity contribution in [1.82, 2.24) is 0 Å². The van der Waals surface area contributed by atoms with Crippen LogP contribution >= 0.6 is 0 Å². The Labute approximate surface area is 99.9 Å². The van der Waals surface area contributed by atoms with Gasteiger partial charge in [-0.15, -0.1) is 0 Å². The molecule has 0 atom stereocenters. The predicted octanol–water partition coefficient (Wildman–Crippen LogP) is 2.61. The number of phenols is 1. The van der Waals surface area contributed by atoms with Gasteiger partial charge in [0.15, 0.2) is 0 Å². The number of nitrogens with one attached hydrogen (secondary N) is 1. The summed E-state index contributed by atoms with van der Waals surface area (Å²) in [7, 11) is 0. The number of hydrogen-bond donors (Lipinski definition) is 4. The third kappa shape index (κ3) is 2.42. The zero-order valence-corrected chi connectivity index (χ0v) is 9.57. The second kappa shape index (κ2) is 4.25. The van der Waals surface area contributed by atoms with Crippen molar-refractivity contribution in [2.45, 2.75) is 6.92 Å². The lowest BCUT2D eigenvalue weighted by Crippen LogP contribution is -1.97. The van der Waals surface area contributed by atoms with Crippen LogP contribution in [0.4, 0.5) is 22.7 Å². The van der Waals surface area contributed by atoms with Gasteiger partial charge in [0.25, 0.3) is 0 Å². The summed E-state index contributed by atoms with van der Waals surface area (Å²) < 4.78 is 0. The van der Waals surface area contributed by atoms with E-state index in [0.717, 1.165) is 16.9 Å². The molecule has 4 heteroatoms. The number of aryl methyl sites for hydroxylation is 1. The van der Waals surface area contributed by atoms with E-state index >= 15 is 0 Å². The highest BCUT2D eigenvalue weighted by Crippen LogP contribution is 2.30. The van der Waals surface area contributed by atoms with Crippen molar-refractivity contribution in [2.75, 3.05) is 16.8 Å². The van der Waals surface area contributed by atoms with Crippen LogP contribution in [-0.2, 0) is 0 Å². The van der Waals surface area contributed by atoms with Crippen LogP contribution in [0, 0.1) is 6.92 Å². The predicted molar refractivity (Wildman–Crippen MR) is 71.4 cm³/mol. The highest BCUT2D eigenvalue weighted by molar-refractivity contribution is 5.75. The number of aromatic hydroxyl groups is 1. The van der Waals surface area contributed by atoms with Crippen molar-refractivity contribution in [3.05, 3.63) is 42.0 Å². The van der Waals surface area contributed by atoms with E-state index in [1.165, 1.54) is 6.07 Å². The molecule has 2 rings (SSSR count). The van der Waals surface area contributed by atoms with Crippen molar-refractivity contribution in [1.29, 1.82) is 0 Å². The van der Waals surface area contributed by atoms with E-state index in [0.29, 0.717) is 11.4 Å². The van der Waals surface area contributed by atoms with Crippen molar-refractivity contribution in [3.8, 4) is 5.75 Å². The molecule has 6 N–H and O–H groups in total. The monoisotopic (exact) mass is 229 g/mol. The van der Waals surface area contributed by atoms with Crippen LogP contribution < -0.4 is 16.8 Å². The first kappa shape index (κ1) is 11.1. The van der Waals surface area contributed by atoms with Crippen LogP contribution in [-0.4, -0.2) is 5.11 Å². The van der Waals surface area contributed by atoms with Gasteiger partial charge in [0.1, 0.15) is 5.75 Å². The minimum absolute atomic E-state index is 0.199. The Morgan fingerprint density at radius 3 is 2.35 bits per heavy atom. The van der Waals surface area contributed by atoms with E-state index in [1.54, 1.807) is 6.07 Å². The Balaban J connectivity index is 2.30. The molecule has 0 amide bonds.